The first kappa shape index (κ1) is 33.0. The second-order valence-electron chi connectivity index (χ2n) is 13.9. The van der Waals surface area contributed by atoms with Crippen LogP contribution in [-0.2, 0) is 16.0 Å². The van der Waals surface area contributed by atoms with Crippen molar-refractivity contribution in [3.63, 3.8) is 0 Å². The summed E-state index contributed by atoms with van der Waals surface area (Å²) in [6.07, 6.45) is -0.201. The Balaban J connectivity index is 1.21. The number of nitrogens with one attached hydrogen (secondary N) is 2. The monoisotopic (exact) mass is 648 g/mol. The summed E-state index contributed by atoms with van der Waals surface area (Å²) in [5.74, 6) is 1.40. The Labute approximate surface area is 281 Å². The molecule has 9 nitrogen and oxygen atoms in total. The molecule has 0 aliphatic carbocycles. The Kier molecular flexibility index (Phi) is 9.16. The summed E-state index contributed by atoms with van der Waals surface area (Å²) in [5.41, 5.74) is 7.22. The van der Waals surface area contributed by atoms with Crippen molar-refractivity contribution in [2.75, 3.05) is 13.1 Å². The smallest absolute Gasteiger partial charge is 0.407 e. The van der Waals surface area contributed by atoms with E-state index in [4.69, 9.17) is 13.7 Å². The number of fused-ring (bicyclic) bond motifs is 1. The summed E-state index contributed by atoms with van der Waals surface area (Å²) in [6.45, 7) is 14.8. The molecule has 2 amide bonds. The summed E-state index contributed by atoms with van der Waals surface area (Å²) in [5, 5.41) is 11.4. The van der Waals surface area contributed by atoms with Crippen molar-refractivity contribution in [3.8, 4) is 0 Å². The number of likely N-dealkylation sites (tertiary alicyclic amines) is 1. The first-order chi connectivity index (χ1) is 22.8. The summed E-state index contributed by atoms with van der Waals surface area (Å²) in [4.78, 5) is 28.2. The molecule has 9 heteroatoms. The zero-order valence-electron chi connectivity index (χ0n) is 28.7. The minimum Gasteiger partial charge on any atom is -0.459 e. The number of aryl methyl sites for hydroxylation is 4. The molecule has 1 saturated heterocycles. The van der Waals surface area contributed by atoms with Crippen molar-refractivity contribution < 1.29 is 23.3 Å². The van der Waals surface area contributed by atoms with Gasteiger partial charge in [-0.1, -0.05) is 65.3 Å². The summed E-state index contributed by atoms with van der Waals surface area (Å²) in [6, 6.07) is 23.8. The third kappa shape index (κ3) is 7.31. The molecule has 2 aromatic heterocycles. The second-order valence-corrected chi connectivity index (χ2v) is 13.9. The molecule has 6 rings (SSSR count). The summed E-state index contributed by atoms with van der Waals surface area (Å²) in [7, 11) is 0. The van der Waals surface area contributed by atoms with Crippen LogP contribution in [0.3, 0.4) is 0 Å². The molecule has 250 valence electrons. The highest BCUT2D eigenvalue weighted by Gasteiger charge is 2.39. The molecule has 2 N–H and O–H groups in total. The van der Waals surface area contributed by atoms with Gasteiger partial charge in [-0.05, 0) is 88.9 Å². The van der Waals surface area contributed by atoms with E-state index in [2.05, 4.69) is 52.7 Å². The van der Waals surface area contributed by atoms with Crippen molar-refractivity contribution in [3.05, 3.63) is 123 Å². The van der Waals surface area contributed by atoms with Crippen LogP contribution >= 0.6 is 0 Å². The molecular weight excluding hydrogens is 604 g/mol. The number of hydrogen-bond acceptors (Lipinski definition) is 7. The Bertz CT molecular complexity index is 1910. The highest BCUT2D eigenvalue weighted by Crippen LogP contribution is 2.38. The fourth-order valence-electron chi connectivity index (χ4n) is 6.57. The number of ether oxygens (including phenoxy) is 1. The maximum atomic E-state index is 13.5. The van der Waals surface area contributed by atoms with E-state index in [0.717, 1.165) is 56.0 Å². The van der Waals surface area contributed by atoms with E-state index in [1.807, 2.05) is 89.2 Å². The molecule has 48 heavy (non-hydrogen) atoms. The van der Waals surface area contributed by atoms with E-state index in [-0.39, 0.29) is 30.5 Å². The van der Waals surface area contributed by atoms with Crippen LogP contribution in [-0.4, -0.2) is 46.8 Å². The van der Waals surface area contributed by atoms with Crippen molar-refractivity contribution in [2.45, 2.75) is 78.6 Å². The van der Waals surface area contributed by atoms with Crippen LogP contribution in [0.4, 0.5) is 4.79 Å². The van der Waals surface area contributed by atoms with Crippen molar-refractivity contribution >= 4 is 23.0 Å². The van der Waals surface area contributed by atoms with Crippen LogP contribution in [0.1, 0.15) is 83.5 Å². The lowest BCUT2D eigenvalue weighted by Crippen LogP contribution is -2.60. The first-order valence-electron chi connectivity index (χ1n) is 16.4. The van der Waals surface area contributed by atoms with E-state index in [9.17, 15) is 9.59 Å². The van der Waals surface area contributed by atoms with Crippen molar-refractivity contribution in [1.29, 1.82) is 0 Å². The first-order valence-corrected chi connectivity index (χ1v) is 16.4. The number of alkyl carbamates (subject to hydrolysis) is 1. The minimum absolute atomic E-state index is 0.0549. The molecular formula is C39H44N4O5. The minimum atomic E-state index is -0.565. The van der Waals surface area contributed by atoms with Gasteiger partial charge in [0.15, 0.2) is 0 Å². The Morgan fingerprint density at radius 1 is 0.979 bits per heavy atom. The van der Waals surface area contributed by atoms with Crippen LogP contribution < -0.4 is 10.6 Å². The summed E-state index contributed by atoms with van der Waals surface area (Å²) < 4.78 is 17.4. The second kappa shape index (κ2) is 13.3. The molecule has 3 heterocycles. The van der Waals surface area contributed by atoms with Gasteiger partial charge in [-0.3, -0.25) is 9.69 Å². The third-order valence-corrected chi connectivity index (χ3v) is 8.77. The molecule has 0 bridgehead atoms. The quantitative estimate of drug-likeness (QED) is 0.171. The summed E-state index contributed by atoms with van der Waals surface area (Å²) >= 11 is 0. The van der Waals surface area contributed by atoms with Gasteiger partial charge in [0.05, 0.1) is 30.2 Å². The van der Waals surface area contributed by atoms with Crippen LogP contribution in [0.15, 0.2) is 81.7 Å². The van der Waals surface area contributed by atoms with Gasteiger partial charge in [-0.2, -0.15) is 0 Å². The third-order valence-electron chi connectivity index (χ3n) is 8.77. The molecule has 0 radical (unpaired) electrons. The predicted molar refractivity (Wildman–Crippen MR) is 185 cm³/mol. The van der Waals surface area contributed by atoms with E-state index < -0.39 is 11.7 Å². The number of rotatable bonds is 9. The molecule has 0 saturated carbocycles. The predicted octanol–water partition coefficient (Wildman–Crippen LogP) is 7.40. The van der Waals surface area contributed by atoms with Crippen LogP contribution in [0.2, 0.25) is 0 Å². The molecule has 2 atom stereocenters. The number of nitrogens with zero attached hydrogens (tertiary/aromatic N) is 2. The van der Waals surface area contributed by atoms with E-state index >= 15 is 0 Å². The zero-order chi connectivity index (χ0) is 34.2. The number of carbonyl (C=O) groups excluding carboxylic acids is 2. The van der Waals surface area contributed by atoms with Gasteiger partial charge in [-0.15, -0.1) is 0 Å². The number of aromatic nitrogens is 1. The average molecular weight is 649 g/mol. The van der Waals surface area contributed by atoms with E-state index in [0.29, 0.717) is 13.1 Å². The highest BCUT2D eigenvalue weighted by atomic mass is 16.6. The van der Waals surface area contributed by atoms with Crippen LogP contribution in [0.5, 0.6) is 0 Å². The lowest BCUT2D eigenvalue weighted by molar-refractivity contribution is -0.120. The van der Waals surface area contributed by atoms with Gasteiger partial charge in [0, 0.05) is 24.0 Å². The Morgan fingerprint density at radius 3 is 2.40 bits per heavy atom. The number of furan rings is 1. The fourth-order valence-corrected chi connectivity index (χ4v) is 6.57. The molecule has 1 aliphatic rings. The number of hydrogen-bond donors (Lipinski definition) is 2. The van der Waals surface area contributed by atoms with Crippen molar-refractivity contribution in [2.24, 2.45) is 0 Å². The van der Waals surface area contributed by atoms with Gasteiger partial charge in [0.2, 0.25) is 5.91 Å². The van der Waals surface area contributed by atoms with E-state index in [1.54, 1.807) is 0 Å². The Morgan fingerprint density at radius 2 is 1.73 bits per heavy atom. The highest BCUT2D eigenvalue weighted by molar-refractivity contribution is 5.83. The number of benzene rings is 3. The van der Waals surface area contributed by atoms with Gasteiger partial charge in [0.25, 0.3) is 0 Å². The molecule has 1 aliphatic heterocycles. The lowest BCUT2D eigenvalue weighted by Gasteiger charge is -2.43. The molecule has 5 aromatic rings. The maximum Gasteiger partial charge on any atom is 0.407 e. The fraction of sp³-hybridized carbons (Fsp3) is 0.359. The van der Waals surface area contributed by atoms with Crippen molar-refractivity contribution in [1.82, 2.24) is 20.7 Å². The largest absolute Gasteiger partial charge is 0.459 e. The average Bonchev–Trinajstić information content (AvgIpc) is 3.57. The van der Waals surface area contributed by atoms with E-state index in [1.165, 1.54) is 5.56 Å². The Hall–Kier alpha value is -4.89. The SMILES string of the molecule is Cc1ccc([C@@H](NC(=O)Cc2ccc3oc(C(c4c(C)noc4C)N4CC(NC(=O)OC(C)(C)C)C4)cc3c2)c2ccccc2)c(C)c1. The van der Waals surface area contributed by atoms with Gasteiger partial charge in [0.1, 0.15) is 22.7 Å². The standard InChI is InChI=1S/C39H44N4O5/c1-23-13-15-31(24(2)17-23)36(28-11-9-8-10-12-28)41-34(44)19-27-14-16-32-29(18-27)20-33(46-32)37(35-25(3)42-48-26(35)4)43-21-30(22-43)40-38(45)47-39(5,6)7/h8-18,20,30,36-37H,19,21-22H2,1-7H3,(H,40,45)(H,41,44)/t36-,37?/m0/s1. The number of carbonyl (C=O) groups is 2. The molecule has 1 unspecified atom stereocenters. The van der Waals surface area contributed by atoms with Gasteiger partial charge >= 0.3 is 6.09 Å². The van der Waals surface area contributed by atoms with Gasteiger partial charge in [-0.25, -0.2) is 4.79 Å². The lowest BCUT2D eigenvalue weighted by atomic mass is 9.93. The van der Waals surface area contributed by atoms with Gasteiger partial charge < -0.3 is 24.3 Å². The zero-order valence-corrected chi connectivity index (χ0v) is 28.7. The van der Waals surface area contributed by atoms with Crippen LogP contribution in [0, 0.1) is 27.7 Å². The topological polar surface area (TPSA) is 110 Å². The maximum absolute atomic E-state index is 13.5. The molecule has 0 spiro atoms. The molecule has 1 fully saturated rings. The number of amides is 2. The normalized spacial score (nSPS) is 15.1. The molecule has 3 aromatic carbocycles. The van der Waals surface area contributed by atoms with Crippen LogP contribution in [0.25, 0.3) is 11.0 Å².